The highest BCUT2D eigenvalue weighted by Gasteiger charge is 2.11. The molecule has 3 rings (SSSR count). The van der Waals surface area contributed by atoms with Crippen LogP contribution in [0.25, 0.3) is 6.08 Å². The van der Waals surface area contributed by atoms with E-state index in [2.05, 4.69) is 16.9 Å². The molecule has 0 aliphatic rings. The second-order valence-corrected chi connectivity index (χ2v) is 6.44. The molecule has 0 saturated carbocycles. The third-order valence-corrected chi connectivity index (χ3v) is 4.17. The van der Waals surface area contributed by atoms with Crippen LogP contribution in [0.15, 0.2) is 79.1 Å². The summed E-state index contributed by atoms with van der Waals surface area (Å²) in [7, 11) is 0. The molecule has 0 aliphatic heterocycles. The van der Waals surface area contributed by atoms with E-state index >= 15 is 0 Å². The van der Waals surface area contributed by atoms with Crippen LogP contribution in [0.2, 0.25) is 0 Å². The lowest BCUT2D eigenvalue weighted by Gasteiger charge is -2.13. The Labute approximate surface area is 167 Å². The first-order chi connectivity index (χ1) is 13.9. The lowest BCUT2D eigenvalue weighted by molar-refractivity contribution is 0.627. The molecule has 0 bridgehead atoms. The first-order valence-electron chi connectivity index (χ1n) is 8.88. The summed E-state index contributed by atoms with van der Waals surface area (Å²) in [6, 6.07) is 14.1. The molecule has 0 radical (unpaired) electrons. The van der Waals surface area contributed by atoms with Gasteiger partial charge in [-0.3, -0.25) is 4.98 Å². The molecule has 2 aromatic carbocycles. The summed E-state index contributed by atoms with van der Waals surface area (Å²) in [4.78, 5) is 4.22. The van der Waals surface area contributed by atoms with Crippen LogP contribution in [0.5, 0.6) is 0 Å². The van der Waals surface area contributed by atoms with Crippen molar-refractivity contribution in [1.29, 1.82) is 5.41 Å². The number of nitrogens with two attached hydrogens (primary N) is 1. The number of allylic oxidation sites excluding steroid dienone is 2. The van der Waals surface area contributed by atoms with Gasteiger partial charge in [-0.15, -0.1) is 0 Å². The molecule has 0 amide bonds. The summed E-state index contributed by atoms with van der Waals surface area (Å²) in [6.45, 7) is 3.92. The number of halogens is 2. The van der Waals surface area contributed by atoms with Crippen LogP contribution in [-0.2, 0) is 6.42 Å². The molecule has 1 heterocycles. The molecule has 4 N–H and O–H groups in total. The molecule has 0 saturated heterocycles. The molecule has 0 unspecified atom stereocenters. The van der Waals surface area contributed by atoms with Gasteiger partial charge in [0, 0.05) is 35.3 Å². The van der Waals surface area contributed by atoms with Crippen molar-refractivity contribution >= 4 is 23.2 Å². The number of rotatable bonds is 7. The predicted octanol–water partition coefficient (Wildman–Crippen LogP) is 5.19. The van der Waals surface area contributed by atoms with E-state index in [1.54, 1.807) is 24.4 Å². The number of aromatic nitrogens is 1. The zero-order valence-corrected chi connectivity index (χ0v) is 15.6. The lowest BCUT2D eigenvalue weighted by Crippen LogP contribution is -2.08. The van der Waals surface area contributed by atoms with E-state index in [0.717, 1.165) is 11.3 Å². The molecule has 146 valence electrons. The molecule has 0 fully saturated rings. The number of anilines is 2. The summed E-state index contributed by atoms with van der Waals surface area (Å²) in [6.07, 6.45) is 5.31. The van der Waals surface area contributed by atoms with Crippen molar-refractivity contribution < 1.29 is 8.78 Å². The summed E-state index contributed by atoms with van der Waals surface area (Å²) in [5, 5.41) is 11.2. The molecule has 0 spiro atoms. The number of benzene rings is 2. The number of nitrogens with zero attached hydrogens (tertiary/aromatic N) is 1. The Morgan fingerprint density at radius 3 is 2.59 bits per heavy atom. The monoisotopic (exact) mass is 390 g/mol. The van der Waals surface area contributed by atoms with Crippen molar-refractivity contribution in [2.24, 2.45) is 0 Å². The summed E-state index contributed by atoms with van der Waals surface area (Å²) in [5.41, 5.74) is 8.81. The smallest absolute Gasteiger partial charge is 0.148 e. The SMILES string of the molecule is C=C(Cc1ccccn1)Nc1cc(C(=N)/C=C/c2ccc(F)cc2)c(N)cc1F. The van der Waals surface area contributed by atoms with Gasteiger partial charge in [-0.05, 0) is 48.0 Å². The quantitative estimate of drug-likeness (QED) is 0.384. The summed E-state index contributed by atoms with van der Waals surface area (Å²) >= 11 is 0. The third kappa shape index (κ3) is 5.35. The lowest BCUT2D eigenvalue weighted by atomic mass is 10.0. The first kappa shape index (κ1) is 19.9. The zero-order valence-electron chi connectivity index (χ0n) is 15.6. The fraction of sp³-hybridized carbons (Fsp3) is 0.0435. The Hall–Kier alpha value is -3.80. The van der Waals surface area contributed by atoms with E-state index in [4.69, 9.17) is 11.1 Å². The van der Waals surface area contributed by atoms with Crippen LogP contribution in [0.1, 0.15) is 16.8 Å². The van der Waals surface area contributed by atoms with Gasteiger partial charge in [0.2, 0.25) is 0 Å². The minimum Gasteiger partial charge on any atom is -0.398 e. The fourth-order valence-corrected chi connectivity index (χ4v) is 2.72. The van der Waals surface area contributed by atoms with Crippen LogP contribution in [0.3, 0.4) is 0 Å². The molecule has 6 heteroatoms. The third-order valence-electron chi connectivity index (χ3n) is 4.17. The Bertz CT molecular complexity index is 1060. The van der Waals surface area contributed by atoms with Crippen molar-refractivity contribution in [2.45, 2.75) is 6.42 Å². The molecule has 0 aliphatic carbocycles. The fourth-order valence-electron chi connectivity index (χ4n) is 2.72. The number of nitrogens with one attached hydrogen (secondary N) is 2. The van der Waals surface area contributed by atoms with Crippen LogP contribution >= 0.6 is 0 Å². The summed E-state index contributed by atoms with van der Waals surface area (Å²) < 4.78 is 27.3. The predicted molar refractivity (Wildman–Crippen MR) is 114 cm³/mol. The Kier molecular flexibility index (Phi) is 6.14. The number of hydrogen-bond donors (Lipinski definition) is 3. The van der Waals surface area contributed by atoms with E-state index in [-0.39, 0.29) is 22.9 Å². The normalized spacial score (nSPS) is 10.8. The van der Waals surface area contributed by atoms with Crippen molar-refractivity contribution in [3.05, 3.63) is 108 Å². The Morgan fingerprint density at radius 1 is 1.14 bits per heavy atom. The standard InChI is InChI=1S/C23H20F2N4/c1-15(12-18-4-2-3-11-28-18)29-23-13-19(22(27)14-20(23)25)21(26)10-7-16-5-8-17(24)9-6-16/h2-11,13-14,26,29H,1,12,27H2/b10-7+,26-21?. The minimum absolute atomic E-state index is 0.102. The van der Waals surface area contributed by atoms with Crippen LogP contribution < -0.4 is 11.1 Å². The number of nitrogen functional groups attached to an aromatic ring is 1. The van der Waals surface area contributed by atoms with E-state index in [1.807, 2.05) is 18.2 Å². The number of hydrogen-bond acceptors (Lipinski definition) is 4. The highest BCUT2D eigenvalue weighted by atomic mass is 19.1. The average molecular weight is 390 g/mol. The van der Waals surface area contributed by atoms with E-state index < -0.39 is 5.82 Å². The molecule has 0 atom stereocenters. The Morgan fingerprint density at radius 2 is 1.90 bits per heavy atom. The van der Waals surface area contributed by atoms with Gasteiger partial charge in [-0.1, -0.05) is 30.9 Å². The van der Waals surface area contributed by atoms with Gasteiger partial charge in [0.15, 0.2) is 0 Å². The molecular weight excluding hydrogens is 370 g/mol. The van der Waals surface area contributed by atoms with Gasteiger partial charge in [0.1, 0.15) is 11.6 Å². The highest BCUT2D eigenvalue weighted by molar-refractivity contribution is 6.12. The van der Waals surface area contributed by atoms with Crippen LogP contribution in [0, 0.1) is 17.0 Å². The molecule has 1 aromatic heterocycles. The molecule has 3 aromatic rings. The van der Waals surface area contributed by atoms with Gasteiger partial charge in [-0.2, -0.15) is 0 Å². The van der Waals surface area contributed by atoms with E-state index in [9.17, 15) is 8.78 Å². The Balaban J connectivity index is 1.76. The first-order valence-corrected chi connectivity index (χ1v) is 8.88. The van der Waals surface area contributed by atoms with E-state index in [0.29, 0.717) is 17.7 Å². The van der Waals surface area contributed by atoms with Crippen molar-refractivity contribution in [2.75, 3.05) is 11.1 Å². The van der Waals surface area contributed by atoms with Crippen molar-refractivity contribution in [3.8, 4) is 0 Å². The molecule has 29 heavy (non-hydrogen) atoms. The highest BCUT2D eigenvalue weighted by Crippen LogP contribution is 2.25. The zero-order chi connectivity index (χ0) is 20.8. The van der Waals surface area contributed by atoms with E-state index in [1.165, 1.54) is 30.3 Å². The second kappa shape index (κ2) is 8.93. The maximum Gasteiger partial charge on any atom is 0.148 e. The van der Waals surface area contributed by atoms with Gasteiger partial charge < -0.3 is 16.5 Å². The maximum absolute atomic E-state index is 14.4. The maximum atomic E-state index is 14.4. The molecular formula is C23H20F2N4. The topological polar surface area (TPSA) is 74.8 Å². The largest absolute Gasteiger partial charge is 0.398 e. The van der Waals surface area contributed by atoms with Gasteiger partial charge in [-0.25, -0.2) is 8.78 Å². The average Bonchev–Trinajstić information content (AvgIpc) is 2.70. The number of pyridine rings is 1. The molecule has 4 nitrogen and oxygen atoms in total. The van der Waals surface area contributed by atoms with Gasteiger partial charge in [0.25, 0.3) is 0 Å². The minimum atomic E-state index is -0.538. The second-order valence-electron chi connectivity index (χ2n) is 6.44. The van der Waals surface area contributed by atoms with Gasteiger partial charge in [0.05, 0.1) is 11.4 Å². The van der Waals surface area contributed by atoms with Crippen molar-refractivity contribution in [3.63, 3.8) is 0 Å². The van der Waals surface area contributed by atoms with Crippen LogP contribution in [0.4, 0.5) is 20.2 Å². The van der Waals surface area contributed by atoms with Crippen molar-refractivity contribution in [1.82, 2.24) is 4.98 Å². The summed E-state index contributed by atoms with van der Waals surface area (Å²) in [5.74, 6) is -0.870. The van der Waals surface area contributed by atoms with Gasteiger partial charge >= 0.3 is 0 Å². The van der Waals surface area contributed by atoms with Crippen LogP contribution in [-0.4, -0.2) is 10.7 Å².